The molecule has 0 unspecified atom stereocenters. The Labute approximate surface area is 104 Å². The first kappa shape index (κ1) is 10.7. The zero-order chi connectivity index (χ0) is 12.4. The molecule has 88 valence electrons. The largest absolute Gasteiger partial charge is 0.326 e. The maximum Gasteiger partial charge on any atom is 0.108 e. The summed E-state index contributed by atoms with van der Waals surface area (Å²) in [7, 11) is 0. The summed E-state index contributed by atoms with van der Waals surface area (Å²) in [4.78, 5) is 14.8. The Hall–Kier alpha value is -2.49. The number of aromatic nitrogens is 2. The van der Waals surface area contributed by atoms with Gasteiger partial charge in [0, 0.05) is 6.54 Å². The number of rotatable bonds is 3. The monoisotopic (exact) mass is 237 g/mol. The van der Waals surface area contributed by atoms with Gasteiger partial charge in [0.1, 0.15) is 5.69 Å². The number of nitrogens with zero attached hydrogens (tertiary/aromatic N) is 3. The van der Waals surface area contributed by atoms with E-state index in [1.807, 2.05) is 42.7 Å². The molecule has 4 nitrogen and oxygen atoms in total. The van der Waals surface area contributed by atoms with Gasteiger partial charge in [-0.2, -0.15) is 0 Å². The molecule has 3 aromatic rings. The van der Waals surface area contributed by atoms with Crippen LogP contribution in [0.25, 0.3) is 11.0 Å². The summed E-state index contributed by atoms with van der Waals surface area (Å²) in [6.07, 6.45) is 1.81. The number of para-hydroxylation sites is 2. The molecule has 0 saturated carbocycles. The Kier molecular flexibility index (Phi) is 2.61. The summed E-state index contributed by atoms with van der Waals surface area (Å²) in [6, 6.07) is 15.3. The third-order valence-electron chi connectivity index (χ3n) is 2.90. The fourth-order valence-electron chi connectivity index (χ4n) is 2.04. The van der Waals surface area contributed by atoms with Gasteiger partial charge in [0.25, 0.3) is 0 Å². The maximum atomic E-state index is 10.5. The predicted octanol–water partition coefficient (Wildman–Crippen LogP) is 3.48. The average Bonchev–Trinajstić information content (AvgIpc) is 2.83. The quantitative estimate of drug-likeness (QED) is 0.655. The van der Waals surface area contributed by atoms with Gasteiger partial charge in [-0.3, -0.25) is 0 Å². The molecule has 0 aliphatic rings. The number of hydrogen-bond donors (Lipinski definition) is 0. The summed E-state index contributed by atoms with van der Waals surface area (Å²) in [6.45, 7) is 0.684. The van der Waals surface area contributed by atoms with E-state index in [2.05, 4.69) is 14.7 Å². The minimum Gasteiger partial charge on any atom is -0.326 e. The van der Waals surface area contributed by atoms with Gasteiger partial charge in [0.15, 0.2) is 0 Å². The number of hydrogen-bond acceptors (Lipinski definition) is 3. The highest BCUT2D eigenvalue weighted by Crippen LogP contribution is 2.17. The molecule has 0 radical (unpaired) electrons. The van der Waals surface area contributed by atoms with E-state index in [4.69, 9.17) is 0 Å². The van der Waals surface area contributed by atoms with Gasteiger partial charge in [-0.15, -0.1) is 4.91 Å². The highest BCUT2D eigenvalue weighted by molar-refractivity contribution is 5.75. The Morgan fingerprint density at radius 3 is 2.89 bits per heavy atom. The Morgan fingerprint density at radius 2 is 2.00 bits per heavy atom. The molecule has 1 aromatic heterocycles. The van der Waals surface area contributed by atoms with E-state index in [1.165, 1.54) is 0 Å². The number of fused-ring (bicyclic) bond motifs is 1. The predicted molar refractivity (Wildman–Crippen MR) is 70.7 cm³/mol. The van der Waals surface area contributed by atoms with Gasteiger partial charge >= 0.3 is 0 Å². The summed E-state index contributed by atoms with van der Waals surface area (Å²) in [5.74, 6) is 0. The van der Waals surface area contributed by atoms with Crippen molar-refractivity contribution >= 4 is 16.7 Å². The van der Waals surface area contributed by atoms with E-state index in [0.717, 1.165) is 16.6 Å². The molecule has 0 amide bonds. The third kappa shape index (κ3) is 1.88. The summed E-state index contributed by atoms with van der Waals surface area (Å²) in [5, 5.41) is 2.95. The number of nitroso groups, excluding NO2 is 1. The molecular weight excluding hydrogens is 226 g/mol. The third-order valence-corrected chi connectivity index (χ3v) is 2.90. The van der Waals surface area contributed by atoms with Crippen LogP contribution < -0.4 is 0 Å². The van der Waals surface area contributed by atoms with Crippen molar-refractivity contribution in [2.45, 2.75) is 6.54 Å². The SMILES string of the molecule is O=Nc1cccc(Cn2cnc3ccccc32)c1. The van der Waals surface area contributed by atoms with E-state index in [9.17, 15) is 4.91 Å². The van der Waals surface area contributed by atoms with Crippen LogP contribution in [0.3, 0.4) is 0 Å². The molecule has 0 aliphatic carbocycles. The molecule has 0 spiro atoms. The van der Waals surface area contributed by atoms with E-state index in [0.29, 0.717) is 12.2 Å². The first-order valence-corrected chi connectivity index (χ1v) is 5.69. The van der Waals surface area contributed by atoms with Crippen molar-refractivity contribution in [1.29, 1.82) is 0 Å². The fraction of sp³-hybridized carbons (Fsp3) is 0.0714. The van der Waals surface area contributed by atoms with Crippen molar-refractivity contribution in [3.8, 4) is 0 Å². The van der Waals surface area contributed by atoms with Crippen LogP contribution >= 0.6 is 0 Å². The number of benzene rings is 2. The molecule has 0 aliphatic heterocycles. The molecular formula is C14H11N3O. The zero-order valence-corrected chi connectivity index (χ0v) is 9.65. The van der Waals surface area contributed by atoms with Crippen molar-refractivity contribution in [1.82, 2.24) is 9.55 Å². The second kappa shape index (κ2) is 4.41. The second-order valence-electron chi connectivity index (χ2n) is 4.12. The molecule has 2 aromatic carbocycles. The van der Waals surface area contributed by atoms with Crippen molar-refractivity contribution < 1.29 is 0 Å². The molecule has 0 bridgehead atoms. The Morgan fingerprint density at radius 1 is 1.11 bits per heavy atom. The highest BCUT2D eigenvalue weighted by Gasteiger charge is 2.02. The second-order valence-corrected chi connectivity index (χ2v) is 4.12. The molecule has 0 atom stereocenters. The summed E-state index contributed by atoms with van der Waals surface area (Å²) >= 11 is 0. The van der Waals surface area contributed by atoms with E-state index >= 15 is 0 Å². The van der Waals surface area contributed by atoms with Crippen molar-refractivity contribution in [3.63, 3.8) is 0 Å². The minimum absolute atomic E-state index is 0.455. The van der Waals surface area contributed by atoms with Crippen LogP contribution in [0.2, 0.25) is 0 Å². The first-order chi connectivity index (χ1) is 8.86. The van der Waals surface area contributed by atoms with Gasteiger partial charge in [0.2, 0.25) is 0 Å². The van der Waals surface area contributed by atoms with Gasteiger partial charge in [0.05, 0.1) is 17.4 Å². The normalized spacial score (nSPS) is 10.7. The fourth-order valence-corrected chi connectivity index (χ4v) is 2.04. The standard InChI is InChI=1S/C14H11N3O/c18-16-12-5-3-4-11(8-12)9-17-10-15-13-6-1-2-7-14(13)17/h1-8,10H,9H2. The highest BCUT2D eigenvalue weighted by atomic mass is 16.3. The Balaban J connectivity index is 1.98. The minimum atomic E-state index is 0.455. The maximum absolute atomic E-state index is 10.5. The van der Waals surface area contributed by atoms with Crippen molar-refractivity contribution in [2.24, 2.45) is 5.18 Å². The van der Waals surface area contributed by atoms with Crippen LogP contribution in [0.1, 0.15) is 5.56 Å². The first-order valence-electron chi connectivity index (χ1n) is 5.69. The lowest BCUT2D eigenvalue weighted by Crippen LogP contribution is -1.97. The van der Waals surface area contributed by atoms with Crippen LogP contribution in [-0.4, -0.2) is 9.55 Å². The van der Waals surface area contributed by atoms with Gasteiger partial charge in [-0.05, 0) is 35.0 Å². The summed E-state index contributed by atoms with van der Waals surface area (Å²) in [5.41, 5.74) is 3.55. The molecule has 0 saturated heterocycles. The van der Waals surface area contributed by atoms with Gasteiger partial charge < -0.3 is 4.57 Å². The van der Waals surface area contributed by atoms with E-state index in [1.54, 1.807) is 12.1 Å². The molecule has 4 heteroatoms. The molecule has 18 heavy (non-hydrogen) atoms. The average molecular weight is 237 g/mol. The van der Waals surface area contributed by atoms with Gasteiger partial charge in [-0.1, -0.05) is 24.3 Å². The zero-order valence-electron chi connectivity index (χ0n) is 9.65. The smallest absolute Gasteiger partial charge is 0.108 e. The van der Waals surface area contributed by atoms with Crippen LogP contribution in [-0.2, 0) is 6.54 Å². The van der Waals surface area contributed by atoms with E-state index < -0.39 is 0 Å². The van der Waals surface area contributed by atoms with Crippen LogP contribution in [0.5, 0.6) is 0 Å². The lowest BCUT2D eigenvalue weighted by atomic mass is 10.2. The number of imidazole rings is 1. The molecule has 0 fully saturated rings. The van der Waals surface area contributed by atoms with Gasteiger partial charge in [-0.25, -0.2) is 4.98 Å². The van der Waals surface area contributed by atoms with Crippen molar-refractivity contribution in [2.75, 3.05) is 0 Å². The molecule has 3 rings (SSSR count). The molecule has 1 heterocycles. The lowest BCUT2D eigenvalue weighted by Gasteiger charge is -2.04. The lowest BCUT2D eigenvalue weighted by molar-refractivity contribution is 0.824. The van der Waals surface area contributed by atoms with Crippen LogP contribution in [0.15, 0.2) is 60.0 Å². The van der Waals surface area contributed by atoms with Crippen LogP contribution in [0.4, 0.5) is 5.69 Å². The topological polar surface area (TPSA) is 47.2 Å². The molecule has 0 N–H and O–H groups in total. The van der Waals surface area contributed by atoms with Crippen molar-refractivity contribution in [3.05, 3.63) is 65.3 Å². The van der Waals surface area contributed by atoms with E-state index in [-0.39, 0.29) is 0 Å². The Bertz CT molecular complexity index is 703. The summed E-state index contributed by atoms with van der Waals surface area (Å²) < 4.78 is 2.05. The van der Waals surface area contributed by atoms with Crippen LogP contribution in [0, 0.1) is 4.91 Å².